The van der Waals surface area contributed by atoms with Gasteiger partial charge in [-0.1, -0.05) is 78.1 Å². The molecule has 0 spiro atoms. The van der Waals surface area contributed by atoms with E-state index in [1.807, 2.05) is 0 Å². The fourth-order valence-electron chi connectivity index (χ4n) is 6.10. The molecule has 2 aliphatic carbocycles. The van der Waals surface area contributed by atoms with E-state index >= 15 is 0 Å². The highest BCUT2D eigenvalue weighted by atomic mass is 28.4. The minimum Gasteiger partial charge on any atom is -0.394 e. The Balaban J connectivity index is 2.36. The highest BCUT2D eigenvalue weighted by Crippen LogP contribution is 2.55. The lowest BCUT2D eigenvalue weighted by Crippen LogP contribution is -2.56. The van der Waals surface area contributed by atoms with E-state index in [1.54, 1.807) is 0 Å². The van der Waals surface area contributed by atoms with Crippen LogP contribution in [0.25, 0.3) is 0 Å². The van der Waals surface area contributed by atoms with Crippen LogP contribution in [0.3, 0.4) is 0 Å². The average Bonchev–Trinajstić information content (AvgIpc) is 2.63. The predicted octanol–water partition coefficient (Wildman–Crippen LogP) is 7.22. The van der Waals surface area contributed by atoms with Crippen molar-refractivity contribution in [2.45, 2.75) is 116 Å². The van der Waals surface area contributed by atoms with Gasteiger partial charge in [0, 0.05) is 24.3 Å². The van der Waals surface area contributed by atoms with Crippen LogP contribution >= 0.6 is 0 Å². The molecule has 3 heteroatoms. The molecule has 25 heavy (non-hydrogen) atoms. The number of hydrogen-bond acceptors (Lipinski definition) is 2. The van der Waals surface area contributed by atoms with Gasteiger partial charge in [0.1, 0.15) is 0 Å². The second-order valence-electron chi connectivity index (χ2n) is 8.47. The van der Waals surface area contributed by atoms with E-state index in [-0.39, 0.29) is 0 Å². The van der Waals surface area contributed by atoms with Gasteiger partial charge in [-0.15, -0.1) is 0 Å². The highest BCUT2D eigenvalue weighted by molar-refractivity contribution is 6.70. The zero-order chi connectivity index (χ0) is 18.1. The predicted molar refractivity (Wildman–Crippen MR) is 110 cm³/mol. The van der Waals surface area contributed by atoms with Crippen molar-refractivity contribution in [1.82, 2.24) is 0 Å². The van der Waals surface area contributed by atoms with Gasteiger partial charge in [0.2, 0.25) is 0 Å². The van der Waals surface area contributed by atoms with Crippen LogP contribution < -0.4 is 0 Å². The normalized spacial score (nSPS) is 31.2. The van der Waals surface area contributed by atoms with Crippen LogP contribution in [-0.2, 0) is 8.85 Å². The van der Waals surface area contributed by atoms with Crippen LogP contribution in [-0.4, -0.2) is 21.8 Å². The Hall–Kier alpha value is 0.137. The van der Waals surface area contributed by atoms with Crippen LogP contribution in [0.2, 0.25) is 11.1 Å². The Morgan fingerprint density at radius 2 is 1.04 bits per heavy atom. The third kappa shape index (κ3) is 5.10. The van der Waals surface area contributed by atoms with Crippen molar-refractivity contribution in [3.8, 4) is 0 Å². The van der Waals surface area contributed by atoms with Gasteiger partial charge in [0.25, 0.3) is 0 Å². The van der Waals surface area contributed by atoms with Crippen molar-refractivity contribution in [3.63, 3.8) is 0 Å². The molecule has 0 aromatic carbocycles. The van der Waals surface area contributed by atoms with Gasteiger partial charge in [-0.2, -0.15) is 0 Å². The summed E-state index contributed by atoms with van der Waals surface area (Å²) in [6.07, 6.45) is 16.6. The van der Waals surface area contributed by atoms with Crippen LogP contribution in [0.15, 0.2) is 0 Å². The standard InChI is InChI=1S/C22H44O2Si/c1-5-13-19-15-9-11-17-21(19)25(23-7-3,24-8-4)22-18-12-10-16-20(22)14-6-2/h19-22H,5-18H2,1-4H3. The molecule has 2 nitrogen and oxygen atoms in total. The summed E-state index contributed by atoms with van der Waals surface area (Å²) < 4.78 is 13.6. The quantitative estimate of drug-likeness (QED) is 0.379. The minimum atomic E-state index is -2.19. The summed E-state index contributed by atoms with van der Waals surface area (Å²) in [5.41, 5.74) is 1.48. The average molecular weight is 369 g/mol. The van der Waals surface area contributed by atoms with Crippen molar-refractivity contribution in [1.29, 1.82) is 0 Å². The lowest BCUT2D eigenvalue weighted by Gasteiger charge is -2.50. The van der Waals surface area contributed by atoms with Crippen LogP contribution in [0.5, 0.6) is 0 Å². The van der Waals surface area contributed by atoms with Crippen molar-refractivity contribution in [3.05, 3.63) is 0 Å². The monoisotopic (exact) mass is 368 g/mol. The van der Waals surface area contributed by atoms with Crippen LogP contribution in [0.4, 0.5) is 0 Å². The van der Waals surface area contributed by atoms with E-state index in [9.17, 15) is 0 Å². The van der Waals surface area contributed by atoms with Crippen molar-refractivity contribution >= 4 is 8.56 Å². The van der Waals surface area contributed by atoms with E-state index in [1.165, 1.54) is 77.0 Å². The number of hydrogen-bond donors (Lipinski definition) is 0. The Morgan fingerprint density at radius 1 is 0.640 bits per heavy atom. The Kier molecular flexibility index (Phi) is 9.51. The molecule has 2 saturated carbocycles. The van der Waals surface area contributed by atoms with Crippen molar-refractivity contribution in [2.75, 3.05) is 13.2 Å². The molecule has 0 aliphatic heterocycles. The van der Waals surface area contributed by atoms with E-state index in [4.69, 9.17) is 8.85 Å². The van der Waals surface area contributed by atoms with E-state index in [0.717, 1.165) is 36.1 Å². The Labute approximate surface area is 158 Å². The third-order valence-corrected chi connectivity index (χ3v) is 12.0. The maximum absolute atomic E-state index is 6.82. The van der Waals surface area contributed by atoms with E-state index in [0.29, 0.717) is 0 Å². The maximum Gasteiger partial charge on any atom is 0.345 e. The van der Waals surface area contributed by atoms with Crippen molar-refractivity contribution < 1.29 is 8.85 Å². The van der Waals surface area contributed by atoms with Gasteiger partial charge in [-0.05, 0) is 38.5 Å². The summed E-state index contributed by atoms with van der Waals surface area (Å²) >= 11 is 0. The molecule has 4 atom stereocenters. The second kappa shape index (κ2) is 11.1. The lowest BCUT2D eigenvalue weighted by molar-refractivity contribution is 0.118. The van der Waals surface area contributed by atoms with Gasteiger partial charge in [-0.25, -0.2) is 0 Å². The molecule has 0 radical (unpaired) electrons. The summed E-state index contributed by atoms with van der Waals surface area (Å²) in [5.74, 6) is 1.71. The molecule has 4 unspecified atom stereocenters. The SMILES string of the molecule is CCCC1CCCCC1[Si](OCC)(OCC)C1CCCCC1CCC. The first-order valence-corrected chi connectivity index (χ1v) is 13.5. The zero-order valence-corrected chi connectivity index (χ0v) is 18.5. The molecule has 2 rings (SSSR count). The van der Waals surface area contributed by atoms with Gasteiger partial charge >= 0.3 is 8.56 Å². The molecular weight excluding hydrogens is 324 g/mol. The molecule has 0 saturated heterocycles. The van der Waals surface area contributed by atoms with E-state index < -0.39 is 8.56 Å². The van der Waals surface area contributed by atoms with Crippen molar-refractivity contribution in [2.24, 2.45) is 11.8 Å². The molecule has 0 aromatic heterocycles. The molecule has 0 bridgehead atoms. The summed E-state index contributed by atoms with van der Waals surface area (Å²) in [6, 6.07) is 0. The number of rotatable bonds is 10. The smallest absolute Gasteiger partial charge is 0.345 e. The molecule has 0 heterocycles. The second-order valence-corrected chi connectivity index (χ2v) is 12.0. The fourth-order valence-corrected chi connectivity index (χ4v) is 11.7. The summed E-state index contributed by atoms with van der Waals surface area (Å²) in [6.45, 7) is 10.8. The van der Waals surface area contributed by atoms with Gasteiger partial charge in [0.05, 0.1) is 0 Å². The Bertz CT molecular complexity index is 322. The summed E-state index contributed by atoms with van der Waals surface area (Å²) in [5, 5.41) is 0. The first kappa shape index (κ1) is 21.4. The maximum atomic E-state index is 6.82. The third-order valence-electron chi connectivity index (χ3n) is 6.91. The molecule has 0 N–H and O–H groups in total. The topological polar surface area (TPSA) is 18.5 Å². The molecule has 2 aliphatic rings. The Morgan fingerprint density at radius 3 is 1.40 bits per heavy atom. The molecule has 0 amide bonds. The van der Waals surface area contributed by atoms with Crippen LogP contribution in [0, 0.1) is 11.8 Å². The molecule has 148 valence electrons. The first-order valence-electron chi connectivity index (χ1n) is 11.5. The van der Waals surface area contributed by atoms with E-state index in [2.05, 4.69) is 27.7 Å². The summed E-state index contributed by atoms with van der Waals surface area (Å²) in [4.78, 5) is 0. The van der Waals surface area contributed by atoms with Crippen LogP contribution in [0.1, 0.15) is 105 Å². The summed E-state index contributed by atoms with van der Waals surface area (Å²) in [7, 11) is -2.19. The fraction of sp³-hybridized carbons (Fsp3) is 1.00. The zero-order valence-electron chi connectivity index (χ0n) is 17.5. The largest absolute Gasteiger partial charge is 0.394 e. The molecule has 2 fully saturated rings. The minimum absolute atomic E-state index is 0.739. The van der Waals surface area contributed by atoms with Gasteiger partial charge in [-0.3, -0.25) is 0 Å². The molecular formula is C22H44O2Si. The molecule has 0 aromatic rings. The lowest BCUT2D eigenvalue weighted by atomic mass is 9.85. The first-order chi connectivity index (χ1) is 12.2. The van der Waals surface area contributed by atoms with Gasteiger partial charge in [0.15, 0.2) is 0 Å². The van der Waals surface area contributed by atoms with Gasteiger partial charge < -0.3 is 8.85 Å². The highest BCUT2D eigenvalue weighted by Gasteiger charge is 2.56.